The third-order valence-corrected chi connectivity index (χ3v) is 4.24. The Balaban J connectivity index is 1.86. The molecule has 5 nitrogen and oxygen atoms in total. The molecule has 0 fully saturated rings. The largest absolute Gasteiger partial charge is 0.386 e. The minimum absolute atomic E-state index is 0.745. The summed E-state index contributed by atoms with van der Waals surface area (Å²) in [5.74, 6) is 0. The highest BCUT2D eigenvalue weighted by Crippen LogP contribution is 2.29. The molecular formula is C18H18N4O. The van der Waals surface area contributed by atoms with Gasteiger partial charge < -0.3 is 10.2 Å². The molecule has 23 heavy (non-hydrogen) atoms. The molecule has 0 aliphatic heterocycles. The summed E-state index contributed by atoms with van der Waals surface area (Å²) in [5.41, 5.74) is 3.80. The number of benzene rings is 1. The van der Waals surface area contributed by atoms with E-state index in [1.165, 1.54) is 0 Å². The Labute approximate surface area is 133 Å². The fourth-order valence-electron chi connectivity index (χ4n) is 2.94. The van der Waals surface area contributed by atoms with Crippen LogP contribution in [0.3, 0.4) is 0 Å². The standard InChI is InChI=1S/C18H18N4O/c1-18(2,23)13-6-4-11(5-7-13)15-8-14-16-12(10-20-22(16)3)9-19-17(14)21-15/h4-10,20,23H,1-3H3. The van der Waals surface area contributed by atoms with Crippen LogP contribution in [0.2, 0.25) is 0 Å². The topological polar surface area (TPSA) is 66.7 Å². The monoisotopic (exact) mass is 306 g/mol. The summed E-state index contributed by atoms with van der Waals surface area (Å²) < 4.78 is 1.97. The molecule has 2 N–H and O–H groups in total. The zero-order valence-electron chi connectivity index (χ0n) is 13.3. The molecule has 0 saturated heterocycles. The Bertz CT molecular complexity index is 1000. The van der Waals surface area contributed by atoms with Crippen LogP contribution in [0.4, 0.5) is 0 Å². The van der Waals surface area contributed by atoms with Crippen LogP contribution in [0.25, 0.3) is 33.2 Å². The number of aryl methyl sites for hydroxylation is 1. The summed E-state index contributed by atoms with van der Waals surface area (Å²) in [4.78, 5) is 9.09. The molecule has 116 valence electrons. The van der Waals surface area contributed by atoms with Crippen molar-refractivity contribution >= 4 is 21.9 Å². The number of fused-ring (bicyclic) bond motifs is 3. The van der Waals surface area contributed by atoms with Gasteiger partial charge in [-0.25, -0.2) is 9.97 Å². The number of rotatable bonds is 2. The lowest BCUT2D eigenvalue weighted by Gasteiger charge is -2.17. The average molecular weight is 306 g/mol. The SMILES string of the molecule is Cn1[nH]cc2cnc3nc(-c4ccc(C(C)(C)O)cc4)cc3c21. The number of nitrogens with one attached hydrogen (secondary N) is 1. The highest BCUT2D eigenvalue weighted by atomic mass is 16.3. The van der Waals surface area contributed by atoms with Crippen LogP contribution < -0.4 is 0 Å². The van der Waals surface area contributed by atoms with Crippen LogP contribution in [0.1, 0.15) is 19.4 Å². The van der Waals surface area contributed by atoms with Crippen molar-refractivity contribution in [1.82, 2.24) is 19.7 Å². The van der Waals surface area contributed by atoms with Gasteiger partial charge in [-0.1, -0.05) is 24.3 Å². The van der Waals surface area contributed by atoms with Crippen LogP contribution in [0.5, 0.6) is 0 Å². The van der Waals surface area contributed by atoms with Gasteiger partial charge in [0.1, 0.15) is 0 Å². The Kier molecular flexibility index (Phi) is 2.83. The first-order valence-electron chi connectivity index (χ1n) is 7.56. The molecule has 0 unspecified atom stereocenters. The summed E-state index contributed by atoms with van der Waals surface area (Å²) in [6, 6.07) is 9.92. The second kappa shape index (κ2) is 4.67. The van der Waals surface area contributed by atoms with E-state index in [1.807, 2.05) is 48.4 Å². The molecule has 0 radical (unpaired) electrons. The predicted octanol–water partition coefficient (Wildman–Crippen LogP) is 3.34. The van der Waals surface area contributed by atoms with E-state index >= 15 is 0 Å². The first-order valence-corrected chi connectivity index (χ1v) is 7.56. The smallest absolute Gasteiger partial charge is 0.162 e. The molecule has 5 heteroatoms. The van der Waals surface area contributed by atoms with Gasteiger partial charge in [-0.05, 0) is 25.5 Å². The fraction of sp³-hybridized carbons (Fsp3) is 0.222. The van der Waals surface area contributed by atoms with E-state index in [4.69, 9.17) is 0 Å². The second-order valence-corrected chi connectivity index (χ2v) is 6.41. The minimum atomic E-state index is -0.838. The highest BCUT2D eigenvalue weighted by molar-refractivity contribution is 6.04. The van der Waals surface area contributed by atoms with Gasteiger partial charge in [0.05, 0.1) is 16.8 Å². The predicted molar refractivity (Wildman–Crippen MR) is 91.0 cm³/mol. The molecule has 3 heterocycles. The zero-order chi connectivity index (χ0) is 16.2. The van der Waals surface area contributed by atoms with E-state index in [9.17, 15) is 5.11 Å². The van der Waals surface area contributed by atoms with Crippen LogP contribution in [-0.4, -0.2) is 24.9 Å². The Hall–Kier alpha value is -2.66. The van der Waals surface area contributed by atoms with E-state index in [1.54, 1.807) is 13.8 Å². The number of aromatic nitrogens is 4. The number of pyridine rings is 1. The maximum atomic E-state index is 10.1. The molecule has 0 aliphatic carbocycles. The quantitative estimate of drug-likeness (QED) is 0.597. The van der Waals surface area contributed by atoms with Gasteiger partial charge in [0, 0.05) is 35.8 Å². The Morgan fingerprint density at radius 2 is 1.91 bits per heavy atom. The van der Waals surface area contributed by atoms with Crippen molar-refractivity contribution in [3.8, 4) is 11.3 Å². The molecule has 0 aliphatic rings. The van der Waals surface area contributed by atoms with Crippen LogP contribution in [-0.2, 0) is 12.6 Å². The third-order valence-electron chi connectivity index (χ3n) is 4.24. The third kappa shape index (κ3) is 2.21. The lowest BCUT2D eigenvalue weighted by atomic mass is 9.97. The van der Waals surface area contributed by atoms with Crippen molar-refractivity contribution in [3.63, 3.8) is 0 Å². The molecule has 0 spiro atoms. The van der Waals surface area contributed by atoms with Crippen molar-refractivity contribution in [3.05, 3.63) is 48.3 Å². The van der Waals surface area contributed by atoms with Crippen molar-refractivity contribution in [2.24, 2.45) is 7.05 Å². The maximum absolute atomic E-state index is 10.1. The van der Waals surface area contributed by atoms with Gasteiger partial charge in [0.2, 0.25) is 0 Å². The fourth-order valence-corrected chi connectivity index (χ4v) is 2.94. The Morgan fingerprint density at radius 1 is 1.17 bits per heavy atom. The van der Waals surface area contributed by atoms with E-state index < -0.39 is 5.60 Å². The second-order valence-electron chi connectivity index (χ2n) is 6.41. The maximum Gasteiger partial charge on any atom is 0.162 e. The van der Waals surface area contributed by atoms with Crippen molar-refractivity contribution in [2.75, 3.05) is 0 Å². The lowest BCUT2D eigenvalue weighted by Crippen LogP contribution is -2.14. The first-order chi connectivity index (χ1) is 10.9. The van der Waals surface area contributed by atoms with Crippen molar-refractivity contribution in [1.29, 1.82) is 0 Å². The van der Waals surface area contributed by atoms with Gasteiger partial charge in [0.15, 0.2) is 5.65 Å². The van der Waals surface area contributed by atoms with Gasteiger partial charge in [0.25, 0.3) is 0 Å². The van der Waals surface area contributed by atoms with Gasteiger partial charge in [-0.3, -0.25) is 4.68 Å². The van der Waals surface area contributed by atoms with Crippen molar-refractivity contribution in [2.45, 2.75) is 19.4 Å². The molecule has 4 rings (SSSR count). The van der Waals surface area contributed by atoms with Gasteiger partial charge in [-0.15, -0.1) is 0 Å². The first kappa shape index (κ1) is 14.0. The number of nitrogens with zero attached hydrogens (tertiary/aromatic N) is 3. The molecule has 0 amide bonds. The zero-order valence-corrected chi connectivity index (χ0v) is 13.3. The minimum Gasteiger partial charge on any atom is -0.386 e. The molecule has 0 saturated carbocycles. The van der Waals surface area contributed by atoms with E-state index in [-0.39, 0.29) is 0 Å². The average Bonchev–Trinajstić information content (AvgIpc) is 3.10. The van der Waals surface area contributed by atoms with Crippen molar-refractivity contribution < 1.29 is 5.11 Å². The summed E-state index contributed by atoms with van der Waals surface area (Å²) in [5, 5.41) is 15.3. The number of hydrogen-bond acceptors (Lipinski definition) is 3. The lowest BCUT2D eigenvalue weighted by molar-refractivity contribution is 0.0786. The van der Waals surface area contributed by atoms with Crippen LogP contribution in [0.15, 0.2) is 42.7 Å². The number of aromatic amines is 1. The van der Waals surface area contributed by atoms with Crippen LogP contribution >= 0.6 is 0 Å². The Morgan fingerprint density at radius 3 is 2.61 bits per heavy atom. The highest BCUT2D eigenvalue weighted by Gasteiger charge is 2.16. The summed E-state index contributed by atoms with van der Waals surface area (Å²) in [6.07, 6.45) is 3.77. The molecule has 4 aromatic rings. The van der Waals surface area contributed by atoms with E-state index in [0.29, 0.717) is 0 Å². The molecule has 1 aromatic carbocycles. The van der Waals surface area contributed by atoms with Crippen LogP contribution in [0, 0.1) is 0 Å². The van der Waals surface area contributed by atoms with E-state index in [0.717, 1.165) is 38.8 Å². The normalized spacial score (nSPS) is 12.3. The number of H-pyrrole nitrogens is 1. The van der Waals surface area contributed by atoms with Gasteiger partial charge >= 0.3 is 0 Å². The summed E-state index contributed by atoms with van der Waals surface area (Å²) in [7, 11) is 1.98. The van der Waals surface area contributed by atoms with E-state index in [2.05, 4.69) is 21.1 Å². The summed E-state index contributed by atoms with van der Waals surface area (Å²) >= 11 is 0. The molecule has 0 bridgehead atoms. The van der Waals surface area contributed by atoms with Gasteiger partial charge in [-0.2, -0.15) is 0 Å². The molecular weight excluding hydrogens is 288 g/mol. The number of aliphatic hydroxyl groups is 1. The number of hydrogen-bond donors (Lipinski definition) is 2. The molecule has 3 aromatic heterocycles. The summed E-state index contributed by atoms with van der Waals surface area (Å²) in [6.45, 7) is 3.56. The molecule has 0 atom stereocenters.